The molecular weight excluding hydrogens is 351 g/mol. The number of benzene rings is 1. The third-order valence-electron chi connectivity index (χ3n) is 4.78. The Labute approximate surface area is 146 Å². The molecule has 0 radical (unpaired) electrons. The van der Waals surface area contributed by atoms with Crippen molar-refractivity contribution >= 4 is 22.8 Å². The molecular formula is C16H16F3N5O2. The van der Waals surface area contributed by atoms with Crippen LogP contribution >= 0.6 is 0 Å². The summed E-state index contributed by atoms with van der Waals surface area (Å²) in [5.74, 6) is -1.51. The van der Waals surface area contributed by atoms with Crippen molar-refractivity contribution in [3.8, 4) is 0 Å². The van der Waals surface area contributed by atoms with E-state index in [-0.39, 0.29) is 41.0 Å². The summed E-state index contributed by atoms with van der Waals surface area (Å²) in [4.78, 5) is 34.0. The lowest BCUT2D eigenvalue weighted by Crippen LogP contribution is -2.64. The number of aromatic amines is 1. The first-order chi connectivity index (χ1) is 12.3. The number of alkyl halides is 3. The number of hydrogen-bond acceptors (Lipinski definition) is 4. The molecule has 0 bridgehead atoms. The van der Waals surface area contributed by atoms with Crippen LogP contribution in [0, 0.1) is 0 Å². The molecule has 2 saturated heterocycles. The number of amides is 2. The van der Waals surface area contributed by atoms with Gasteiger partial charge in [-0.15, -0.1) is 0 Å². The highest BCUT2D eigenvalue weighted by Crippen LogP contribution is 2.29. The van der Waals surface area contributed by atoms with Crippen LogP contribution in [0.1, 0.15) is 16.2 Å². The Bertz CT molecular complexity index is 878. The van der Waals surface area contributed by atoms with Gasteiger partial charge in [0, 0.05) is 38.3 Å². The molecule has 26 heavy (non-hydrogen) atoms. The molecule has 2 N–H and O–H groups in total. The summed E-state index contributed by atoms with van der Waals surface area (Å²) in [5, 5.41) is 2.78. The van der Waals surface area contributed by atoms with Crippen molar-refractivity contribution in [1.29, 1.82) is 0 Å². The molecule has 4 rings (SSSR count). The van der Waals surface area contributed by atoms with Gasteiger partial charge in [0.2, 0.25) is 11.7 Å². The number of H-pyrrole nitrogens is 1. The Morgan fingerprint density at radius 2 is 2.04 bits per heavy atom. The second-order valence-electron chi connectivity index (χ2n) is 6.41. The Morgan fingerprint density at radius 3 is 2.81 bits per heavy atom. The molecule has 10 heteroatoms. The van der Waals surface area contributed by atoms with Gasteiger partial charge in [-0.05, 0) is 18.2 Å². The predicted octanol–water partition coefficient (Wildman–Crippen LogP) is 0.838. The summed E-state index contributed by atoms with van der Waals surface area (Å²) < 4.78 is 38.3. The number of carbonyl (C=O) groups excluding carboxylic acids is 2. The summed E-state index contributed by atoms with van der Waals surface area (Å²) in [6, 6.07) is 3.83. The van der Waals surface area contributed by atoms with Crippen LogP contribution in [0.5, 0.6) is 0 Å². The molecule has 0 aliphatic carbocycles. The van der Waals surface area contributed by atoms with Gasteiger partial charge in [-0.2, -0.15) is 13.2 Å². The first-order valence-electron chi connectivity index (χ1n) is 8.21. The van der Waals surface area contributed by atoms with Crippen molar-refractivity contribution in [1.82, 2.24) is 25.1 Å². The van der Waals surface area contributed by atoms with Gasteiger partial charge in [0.1, 0.15) is 6.04 Å². The van der Waals surface area contributed by atoms with Gasteiger partial charge in [-0.1, -0.05) is 0 Å². The number of imidazole rings is 1. The fourth-order valence-corrected chi connectivity index (χ4v) is 3.42. The summed E-state index contributed by atoms with van der Waals surface area (Å²) in [5.41, 5.74) is 0.558. The third-order valence-corrected chi connectivity index (χ3v) is 4.78. The lowest BCUT2D eigenvalue weighted by Gasteiger charge is -2.43. The van der Waals surface area contributed by atoms with Gasteiger partial charge < -0.3 is 15.2 Å². The number of fused-ring (bicyclic) bond motifs is 2. The van der Waals surface area contributed by atoms with E-state index >= 15 is 0 Å². The normalized spacial score (nSPS) is 21.6. The smallest absolute Gasteiger partial charge is 0.353 e. The van der Waals surface area contributed by atoms with Crippen molar-refractivity contribution in [3.05, 3.63) is 29.6 Å². The largest absolute Gasteiger partial charge is 0.449 e. The van der Waals surface area contributed by atoms with Crippen LogP contribution < -0.4 is 5.32 Å². The molecule has 1 atom stereocenters. The van der Waals surface area contributed by atoms with E-state index in [9.17, 15) is 22.8 Å². The van der Waals surface area contributed by atoms with Crippen LogP contribution in [-0.4, -0.2) is 70.3 Å². The maximum absolute atomic E-state index is 12.8. The Balaban J connectivity index is 1.57. The number of aromatic nitrogens is 2. The molecule has 2 fully saturated rings. The molecule has 1 aromatic carbocycles. The first kappa shape index (κ1) is 16.8. The average Bonchev–Trinajstić information content (AvgIpc) is 3.05. The Hall–Kier alpha value is -2.62. The van der Waals surface area contributed by atoms with E-state index in [2.05, 4.69) is 15.3 Å². The number of piperazine rings is 2. The molecule has 7 nitrogen and oxygen atoms in total. The highest BCUT2D eigenvalue weighted by atomic mass is 19.4. The fourth-order valence-electron chi connectivity index (χ4n) is 3.42. The van der Waals surface area contributed by atoms with Gasteiger partial charge in [0.25, 0.3) is 5.91 Å². The number of hydrogen-bond donors (Lipinski definition) is 2. The molecule has 0 saturated carbocycles. The zero-order valence-corrected chi connectivity index (χ0v) is 13.6. The minimum atomic E-state index is -4.58. The van der Waals surface area contributed by atoms with Crippen molar-refractivity contribution in [3.63, 3.8) is 0 Å². The van der Waals surface area contributed by atoms with E-state index in [4.69, 9.17) is 0 Å². The van der Waals surface area contributed by atoms with Crippen LogP contribution in [0.15, 0.2) is 18.2 Å². The van der Waals surface area contributed by atoms with E-state index in [1.807, 2.05) is 4.90 Å². The number of halogens is 3. The Kier molecular flexibility index (Phi) is 3.87. The van der Waals surface area contributed by atoms with Crippen molar-refractivity contribution < 1.29 is 22.8 Å². The predicted molar refractivity (Wildman–Crippen MR) is 85.4 cm³/mol. The van der Waals surface area contributed by atoms with E-state index in [1.54, 1.807) is 4.90 Å². The minimum Gasteiger partial charge on any atom is -0.353 e. The van der Waals surface area contributed by atoms with Crippen LogP contribution in [0.2, 0.25) is 0 Å². The zero-order chi connectivity index (χ0) is 18.5. The van der Waals surface area contributed by atoms with Crippen LogP contribution in [0.4, 0.5) is 13.2 Å². The topological polar surface area (TPSA) is 81.3 Å². The summed E-state index contributed by atoms with van der Waals surface area (Å²) in [6.45, 7) is 2.67. The zero-order valence-electron chi connectivity index (χ0n) is 13.6. The van der Waals surface area contributed by atoms with Crippen molar-refractivity contribution in [2.75, 3.05) is 32.7 Å². The second kappa shape index (κ2) is 5.97. The maximum atomic E-state index is 12.8. The standard InChI is InChI=1S/C16H16F3N5O2/c17-16(18,19)15-21-10-2-1-9(7-11(10)22-15)14(26)24-6-5-23-4-3-20-13(25)12(23)8-24/h1-2,7,12H,3-6,8H2,(H,20,25)(H,21,22). The van der Waals surface area contributed by atoms with E-state index in [0.717, 1.165) is 6.54 Å². The van der Waals surface area contributed by atoms with Gasteiger partial charge in [-0.25, -0.2) is 4.98 Å². The molecule has 2 amide bonds. The molecule has 138 valence electrons. The van der Waals surface area contributed by atoms with Crippen molar-refractivity contribution in [2.45, 2.75) is 12.2 Å². The van der Waals surface area contributed by atoms with E-state index in [1.165, 1.54) is 18.2 Å². The van der Waals surface area contributed by atoms with Gasteiger partial charge in [0.15, 0.2) is 0 Å². The van der Waals surface area contributed by atoms with Crippen LogP contribution in [0.25, 0.3) is 11.0 Å². The highest BCUT2D eigenvalue weighted by Gasteiger charge is 2.37. The monoisotopic (exact) mass is 367 g/mol. The molecule has 0 spiro atoms. The first-order valence-corrected chi connectivity index (χ1v) is 8.21. The lowest BCUT2D eigenvalue weighted by atomic mass is 10.1. The van der Waals surface area contributed by atoms with Crippen molar-refractivity contribution in [2.24, 2.45) is 0 Å². The molecule has 2 aliphatic heterocycles. The second-order valence-corrected chi connectivity index (χ2v) is 6.41. The third kappa shape index (κ3) is 2.90. The number of nitrogens with one attached hydrogen (secondary N) is 2. The van der Waals surface area contributed by atoms with Crippen LogP contribution in [-0.2, 0) is 11.0 Å². The van der Waals surface area contributed by atoms with E-state index < -0.39 is 12.0 Å². The minimum absolute atomic E-state index is 0.104. The number of rotatable bonds is 1. The van der Waals surface area contributed by atoms with Gasteiger partial charge in [0.05, 0.1) is 11.0 Å². The summed E-state index contributed by atoms with van der Waals surface area (Å²) in [6.07, 6.45) is -4.58. The molecule has 1 unspecified atom stereocenters. The number of carbonyl (C=O) groups is 2. The summed E-state index contributed by atoms with van der Waals surface area (Å²) >= 11 is 0. The van der Waals surface area contributed by atoms with Gasteiger partial charge in [-0.3, -0.25) is 14.5 Å². The highest BCUT2D eigenvalue weighted by molar-refractivity contribution is 5.98. The molecule has 3 heterocycles. The SMILES string of the molecule is O=C1NCCN2CCN(C(=O)c3ccc4nc(C(F)(F)F)[nH]c4c3)CC12. The molecule has 2 aromatic rings. The van der Waals surface area contributed by atoms with Crippen LogP contribution in [0.3, 0.4) is 0 Å². The molecule has 2 aliphatic rings. The quantitative estimate of drug-likeness (QED) is 0.783. The fraction of sp³-hybridized carbons (Fsp3) is 0.438. The lowest BCUT2D eigenvalue weighted by molar-refractivity contribution is -0.144. The summed E-state index contributed by atoms with van der Waals surface area (Å²) in [7, 11) is 0. The Morgan fingerprint density at radius 1 is 1.23 bits per heavy atom. The number of nitrogens with zero attached hydrogens (tertiary/aromatic N) is 3. The molecule has 1 aromatic heterocycles. The van der Waals surface area contributed by atoms with Gasteiger partial charge >= 0.3 is 6.18 Å². The maximum Gasteiger partial charge on any atom is 0.449 e. The average molecular weight is 367 g/mol. The van der Waals surface area contributed by atoms with E-state index in [0.29, 0.717) is 19.6 Å².